The van der Waals surface area contributed by atoms with Crippen LogP contribution in [0.4, 0.5) is 0 Å². The first-order valence-corrected chi connectivity index (χ1v) is 6.97. The van der Waals surface area contributed by atoms with E-state index in [0.29, 0.717) is 11.3 Å². The number of benzene rings is 2. The Kier molecular flexibility index (Phi) is 7.53. The van der Waals surface area contributed by atoms with Crippen molar-refractivity contribution >= 4 is 0 Å². The molecule has 2 aromatic carbocycles. The molecular formula is C19H22O2. The van der Waals surface area contributed by atoms with E-state index in [9.17, 15) is 0 Å². The maximum atomic E-state index is 5.26. The molecule has 0 radical (unpaired) electrons. The van der Waals surface area contributed by atoms with Crippen LogP contribution in [0.5, 0.6) is 11.5 Å². The molecule has 0 bridgehead atoms. The van der Waals surface area contributed by atoms with Crippen LogP contribution < -0.4 is 9.47 Å². The summed E-state index contributed by atoms with van der Waals surface area (Å²) >= 11 is 0. The number of hydrogen-bond acceptors (Lipinski definition) is 2. The third-order valence-corrected chi connectivity index (χ3v) is 2.94. The molecule has 0 saturated carbocycles. The summed E-state index contributed by atoms with van der Waals surface area (Å²) in [6, 6.07) is 15.9. The molecule has 0 aliphatic rings. The number of methoxy groups -OCH3 is 2. The summed E-state index contributed by atoms with van der Waals surface area (Å²) in [6.45, 7) is 2.20. The van der Waals surface area contributed by atoms with Gasteiger partial charge in [0, 0.05) is 0 Å². The molecule has 2 nitrogen and oxygen atoms in total. The van der Waals surface area contributed by atoms with Gasteiger partial charge in [-0.25, -0.2) is 0 Å². The maximum absolute atomic E-state index is 5.26. The molecule has 110 valence electrons. The lowest BCUT2D eigenvalue weighted by Crippen LogP contribution is -1.89. The Morgan fingerprint density at radius 1 is 1.00 bits per heavy atom. The maximum Gasteiger partial charge on any atom is 0.134 e. The predicted molar refractivity (Wildman–Crippen MR) is 87.9 cm³/mol. The SMILES string of the molecule is C#Cc1cc(OC)ccc1OC.CCCc1ccccc1. The van der Waals surface area contributed by atoms with Crippen molar-refractivity contribution in [3.8, 4) is 23.8 Å². The zero-order valence-corrected chi connectivity index (χ0v) is 12.9. The summed E-state index contributed by atoms with van der Waals surface area (Å²) < 4.78 is 10.0. The molecule has 2 aromatic rings. The van der Waals surface area contributed by atoms with Gasteiger partial charge >= 0.3 is 0 Å². The Labute approximate surface area is 127 Å². The minimum Gasteiger partial charge on any atom is -0.497 e. The van der Waals surface area contributed by atoms with Gasteiger partial charge in [0.1, 0.15) is 11.5 Å². The van der Waals surface area contributed by atoms with E-state index in [0.717, 1.165) is 5.75 Å². The summed E-state index contributed by atoms with van der Waals surface area (Å²) in [5.41, 5.74) is 2.15. The van der Waals surface area contributed by atoms with E-state index in [-0.39, 0.29) is 0 Å². The van der Waals surface area contributed by atoms with Gasteiger partial charge in [0.05, 0.1) is 19.8 Å². The molecule has 0 aliphatic carbocycles. The van der Waals surface area contributed by atoms with Crippen molar-refractivity contribution < 1.29 is 9.47 Å². The van der Waals surface area contributed by atoms with Crippen LogP contribution in [-0.4, -0.2) is 14.2 Å². The molecule has 0 saturated heterocycles. The van der Waals surface area contributed by atoms with E-state index in [1.165, 1.54) is 18.4 Å². The van der Waals surface area contributed by atoms with Gasteiger partial charge in [-0.05, 0) is 30.2 Å². The smallest absolute Gasteiger partial charge is 0.134 e. The molecule has 0 amide bonds. The molecule has 0 fully saturated rings. The average molecular weight is 282 g/mol. The summed E-state index contributed by atoms with van der Waals surface area (Å²) in [7, 11) is 3.19. The lowest BCUT2D eigenvalue weighted by molar-refractivity contribution is 0.402. The normalized spacial score (nSPS) is 9.05. The van der Waals surface area contributed by atoms with Crippen molar-refractivity contribution in [2.24, 2.45) is 0 Å². The second-order valence-corrected chi connectivity index (χ2v) is 4.45. The fourth-order valence-electron chi connectivity index (χ4n) is 1.86. The zero-order chi connectivity index (χ0) is 15.5. The number of ether oxygens (including phenoxy) is 2. The van der Waals surface area contributed by atoms with Crippen LogP contribution in [0.25, 0.3) is 0 Å². The molecule has 0 atom stereocenters. The number of terminal acetylenes is 1. The Balaban J connectivity index is 0.000000219. The molecule has 0 heterocycles. The van der Waals surface area contributed by atoms with Crippen LogP contribution in [0.3, 0.4) is 0 Å². The van der Waals surface area contributed by atoms with Crippen LogP contribution in [0, 0.1) is 12.3 Å². The topological polar surface area (TPSA) is 18.5 Å². The zero-order valence-electron chi connectivity index (χ0n) is 12.9. The van der Waals surface area contributed by atoms with Gasteiger partial charge in [-0.3, -0.25) is 0 Å². The summed E-state index contributed by atoms with van der Waals surface area (Å²) in [6.07, 6.45) is 7.71. The molecule has 0 aromatic heterocycles. The van der Waals surface area contributed by atoms with E-state index in [1.54, 1.807) is 32.4 Å². The Morgan fingerprint density at radius 2 is 1.71 bits per heavy atom. The third-order valence-electron chi connectivity index (χ3n) is 2.94. The quantitative estimate of drug-likeness (QED) is 0.777. The summed E-state index contributed by atoms with van der Waals surface area (Å²) in [5, 5.41) is 0. The lowest BCUT2D eigenvalue weighted by Gasteiger charge is -2.04. The van der Waals surface area contributed by atoms with Crippen molar-refractivity contribution in [1.29, 1.82) is 0 Å². The van der Waals surface area contributed by atoms with Gasteiger partial charge in [-0.1, -0.05) is 49.6 Å². The van der Waals surface area contributed by atoms with Crippen molar-refractivity contribution in [1.82, 2.24) is 0 Å². The van der Waals surface area contributed by atoms with E-state index < -0.39 is 0 Å². The van der Waals surface area contributed by atoms with Crippen molar-refractivity contribution in [2.45, 2.75) is 19.8 Å². The molecule has 0 N–H and O–H groups in total. The highest BCUT2D eigenvalue weighted by Gasteiger charge is 2.00. The minimum atomic E-state index is 0.693. The highest BCUT2D eigenvalue weighted by atomic mass is 16.5. The second kappa shape index (κ2) is 9.50. The lowest BCUT2D eigenvalue weighted by atomic mass is 10.1. The van der Waals surface area contributed by atoms with Crippen LogP contribution >= 0.6 is 0 Å². The first-order valence-electron chi connectivity index (χ1n) is 6.97. The molecule has 2 heteroatoms. The first kappa shape index (κ1) is 16.7. The monoisotopic (exact) mass is 282 g/mol. The Bertz CT molecular complexity index is 568. The second-order valence-electron chi connectivity index (χ2n) is 4.45. The average Bonchev–Trinajstić information content (AvgIpc) is 2.56. The van der Waals surface area contributed by atoms with Gasteiger partial charge < -0.3 is 9.47 Å². The number of hydrogen-bond donors (Lipinski definition) is 0. The van der Waals surface area contributed by atoms with Crippen LogP contribution in [-0.2, 0) is 6.42 Å². The summed E-state index contributed by atoms with van der Waals surface area (Å²) in [4.78, 5) is 0. The predicted octanol–water partition coefficient (Wildman–Crippen LogP) is 4.32. The number of rotatable bonds is 4. The van der Waals surface area contributed by atoms with E-state index in [2.05, 4.69) is 43.2 Å². The summed E-state index contributed by atoms with van der Waals surface area (Å²) in [5.74, 6) is 3.95. The highest BCUT2D eigenvalue weighted by Crippen LogP contribution is 2.22. The largest absolute Gasteiger partial charge is 0.497 e. The van der Waals surface area contributed by atoms with Crippen LogP contribution in [0.1, 0.15) is 24.5 Å². The van der Waals surface area contributed by atoms with E-state index in [1.807, 2.05) is 0 Å². The fraction of sp³-hybridized carbons (Fsp3) is 0.263. The van der Waals surface area contributed by atoms with Gasteiger partial charge in [-0.2, -0.15) is 0 Å². The third kappa shape index (κ3) is 5.62. The number of aryl methyl sites for hydroxylation is 1. The minimum absolute atomic E-state index is 0.693. The van der Waals surface area contributed by atoms with Crippen molar-refractivity contribution in [2.75, 3.05) is 14.2 Å². The standard InChI is InChI=1S/C10H10O2.C9H12/c1-4-8-7-9(11-2)5-6-10(8)12-3;1-2-6-9-7-4-3-5-8-9/h1,5-7H,2-3H3;3-5,7-8H,2,6H2,1H3. The van der Waals surface area contributed by atoms with E-state index >= 15 is 0 Å². The molecule has 0 unspecified atom stereocenters. The Hall–Kier alpha value is -2.40. The molecule has 2 rings (SSSR count). The molecule has 21 heavy (non-hydrogen) atoms. The Morgan fingerprint density at radius 3 is 2.24 bits per heavy atom. The van der Waals surface area contributed by atoms with Gasteiger partial charge in [0.2, 0.25) is 0 Å². The van der Waals surface area contributed by atoms with Crippen LogP contribution in [0.15, 0.2) is 48.5 Å². The first-order chi connectivity index (χ1) is 10.2. The molecular weight excluding hydrogens is 260 g/mol. The van der Waals surface area contributed by atoms with Crippen LogP contribution in [0.2, 0.25) is 0 Å². The highest BCUT2D eigenvalue weighted by molar-refractivity contribution is 5.49. The van der Waals surface area contributed by atoms with Gasteiger partial charge in [0.15, 0.2) is 0 Å². The van der Waals surface area contributed by atoms with Gasteiger partial charge in [0.25, 0.3) is 0 Å². The van der Waals surface area contributed by atoms with Crippen molar-refractivity contribution in [3.63, 3.8) is 0 Å². The van der Waals surface area contributed by atoms with Crippen molar-refractivity contribution in [3.05, 3.63) is 59.7 Å². The molecule has 0 spiro atoms. The van der Waals surface area contributed by atoms with Gasteiger partial charge in [-0.15, -0.1) is 6.42 Å². The molecule has 0 aliphatic heterocycles. The fourth-order valence-corrected chi connectivity index (χ4v) is 1.86. The van der Waals surface area contributed by atoms with E-state index in [4.69, 9.17) is 15.9 Å².